The predicted octanol–water partition coefficient (Wildman–Crippen LogP) is 1.24. The molecule has 0 aliphatic carbocycles. The van der Waals surface area contributed by atoms with Crippen LogP contribution in [0.4, 0.5) is 4.39 Å². The second-order valence-corrected chi connectivity index (χ2v) is 2.58. The van der Waals surface area contributed by atoms with Crippen molar-refractivity contribution < 1.29 is 14.6 Å². The van der Waals surface area contributed by atoms with E-state index in [1.807, 2.05) is 0 Å². The molecule has 0 heterocycles. The fraction of sp³-hybridized carbons (Fsp3) is 0.333. The van der Waals surface area contributed by atoms with Crippen molar-refractivity contribution in [3.05, 3.63) is 35.6 Å². The molecule has 0 fully saturated rings. The van der Waals surface area contributed by atoms with Gasteiger partial charge in [0.05, 0.1) is 6.10 Å². The molecule has 1 unspecified atom stereocenters. The minimum Gasteiger partial charge on any atom is -0.396 e. The molecule has 1 aromatic rings. The van der Waals surface area contributed by atoms with Crippen LogP contribution in [0.1, 0.15) is 18.1 Å². The van der Waals surface area contributed by atoms with Crippen molar-refractivity contribution in [2.45, 2.75) is 12.5 Å². The Morgan fingerprint density at radius 1 is 1.25 bits per heavy atom. The number of aliphatic hydroxyl groups excluding tert-OH is 2. The Hall–Kier alpha value is -0.930. The van der Waals surface area contributed by atoms with E-state index in [2.05, 4.69) is 0 Å². The van der Waals surface area contributed by atoms with Gasteiger partial charge in [-0.2, -0.15) is 0 Å². The molecule has 0 aliphatic rings. The summed E-state index contributed by atoms with van der Waals surface area (Å²) in [5.41, 5.74) is 0.630. The summed E-state index contributed by atoms with van der Waals surface area (Å²) in [5.74, 6) is -0.324. The van der Waals surface area contributed by atoms with E-state index in [-0.39, 0.29) is 18.8 Å². The van der Waals surface area contributed by atoms with Crippen molar-refractivity contribution in [3.8, 4) is 0 Å². The highest BCUT2D eigenvalue weighted by molar-refractivity contribution is 5.18. The first-order valence-corrected chi connectivity index (χ1v) is 3.78. The average molecular weight is 170 g/mol. The Bertz CT molecular complexity index is 233. The van der Waals surface area contributed by atoms with Gasteiger partial charge in [0, 0.05) is 13.0 Å². The number of hydrogen-bond acceptors (Lipinski definition) is 2. The topological polar surface area (TPSA) is 40.5 Å². The van der Waals surface area contributed by atoms with Crippen LogP contribution in [0.3, 0.4) is 0 Å². The number of benzene rings is 1. The molecule has 1 atom stereocenters. The third-order valence-electron chi connectivity index (χ3n) is 1.66. The number of rotatable bonds is 3. The summed E-state index contributed by atoms with van der Waals surface area (Å²) in [5, 5.41) is 17.8. The number of aliphatic hydroxyl groups is 2. The molecule has 0 aliphatic heterocycles. The van der Waals surface area contributed by atoms with Gasteiger partial charge in [0.25, 0.3) is 0 Å². The van der Waals surface area contributed by atoms with Crippen LogP contribution in [-0.4, -0.2) is 16.8 Å². The third-order valence-corrected chi connectivity index (χ3v) is 1.66. The maximum Gasteiger partial charge on any atom is 0.123 e. The Labute approximate surface area is 70.3 Å². The van der Waals surface area contributed by atoms with Crippen molar-refractivity contribution in [2.75, 3.05) is 6.61 Å². The number of halogens is 1. The zero-order valence-corrected chi connectivity index (χ0v) is 6.57. The third kappa shape index (κ3) is 2.29. The summed E-state index contributed by atoms with van der Waals surface area (Å²) in [6, 6.07) is 5.59. The fourth-order valence-corrected chi connectivity index (χ4v) is 0.974. The SMILES string of the molecule is OCCC(O)c1ccc(F)cc1. The zero-order valence-electron chi connectivity index (χ0n) is 6.57. The van der Waals surface area contributed by atoms with Gasteiger partial charge >= 0.3 is 0 Å². The molecule has 12 heavy (non-hydrogen) atoms. The average Bonchev–Trinajstić information content (AvgIpc) is 2.06. The summed E-state index contributed by atoms with van der Waals surface area (Å²) >= 11 is 0. The summed E-state index contributed by atoms with van der Waals surface area (Å²) in [7, 11) is 0. The van der Waals surface area contributed by atoms with Gasteiger partial charge in [-0.05, 0) is 17.7 Å². The minimum atomic E-state index is -0.699. The van der Waals surface area contributed by atoms with E-state index >= 15 is 0 Å². The molecule has 0 bridgehead atoms. The summed E-state index contributed by atoms with van der Waals surface area (Å²) in [4.78, 5) is 0. The standard InChI is InChI=1S/C9H11FO2/c10-8-3-1-7(2-4-8)9(12)5-6-11/h1-4,9,11-12H,5-6H2. The quantitative estimate of drug-likeness (QED) is 0.716. The van der Waals surface area contributed by atoms with Crippen molar-refractivity contribution >= 4 is 0 Å². The first-order valence-electron chi connectivity index (χ1n) is 3.78. The molecule has 2 nitrogen and oxygen atoms in total. The number of hydrogen-bond donors (Lipinski definition) is 2. The van der Waals surface area contributed by atoms with Crippen LogP contribution in [-0.2, 0) is 0 Å². The van der Waals surface area contributed by atoms with Crippen LogP contribution in [0.2, 0.25) is 0 Å². The van der Waals surface area contributed by atoms with Gasteiger partial charge in [0.2, 0.25) is 0 Å². The largest absolute Gasteiger partial charge is 0.396 e. The molecule has 0 saturated heterocycles. The highest BCUT2D eigenvalue weighted by Crippen LogP contribution is 2.15. The van der Waals surface area contributed by atoms with Crippen molar-refractivity contribution in [3.63, 3.8) is 0 Å². The Balaban J connectivity index is 2.68. The smallest absolute Gasteiger partial charge is 0.123 e. The Morgan fingerprint density at radius 3 is 2.33 bits per heavy atom. The van der Waals surface area contributed by atoms with Gasteiger partial charge < -0.3 is 10.2 Å². The van der Waals surface area contributed by atoms with Crippen LogP contribution in [0, 0.1) is 5.82 Å². The van der Waals surface area contributed by atoms with Crippen LogP contribution in [0.15, 0.2) is 24.3 Å². The second-order valence-electron chi connectivity index (χ2n) is 2.58. The van der Waals surface area contributed by atoms with Gasteiger partial charge in [0.1, 0.15) is 5.82 Å². The maximum absolute atomic E-state index is 12.4. The Morgan fingerprint density at radius 2 is 1.83 bits per heavy atom. The van der Waals surface area contributed by atoms with E-state index in [9.17, 15) is 9.50 Å². The lowest BCUT2D eigenvalue weighted by Gasteiger charge is -2.07. The predicted molar refractivity (Wildman–Crippen MR) is 43.1 cm³/mol. The van der Waals surface area contributed by atoms with Crippen LogP contribution >= 0.6 is 0 Å². The van der Waals surface area contributed by atoms with Crippen molar-refractivity contribution in [1.29, 1.82) is 0 Å². The van der Waals surface area contributed by atoms with Crippen molar-refractivity contribution in [2.24, 2.45) is 0 Å². The van der Waals surface area contributed by atoms with Gasteiger partial charge in [-0.3, -0.25) is 0 Å². The van der Waals surface area contributed by atoms with E-state index in [1.165, 1.54) is 24.3 Å². The maximum atomic E-state index is 12.4. The molecule has 3 heteroatoms. The van der Waals surface area contributed by atoms with Crippen LogP contribution in [0.25, 0.3) is 0 Å². The van der Waals surface area contributed by atoms with Crippen molar-refractivity contribution in [1.82, 2.24) is 0 Å². The van der Waals surface area contributed by atoms with E-state index in [4.69, 9.17) is 5.11 Å². The first kappa shape index (κ1) is 9.16. The molecule has 0 radical (unpaired) electrons. The molecule has 0 spiro atoms. The highest BCUT2D eigenvalue weighted by atomic mass is 19.1. The fourth-order valence-electron chi connectivity index (χ4n) is 0.974. The Kier molecular flexibility index (Phi) is 3.19. The van der Waals surface area contributed by atoms with Gasteiger partial charge in [-0.1, -0.05) is 12.1 Å². The minimum absolute atomic E-state index is 0.0709. The molecular weight excluding hydrogens is 159 g/mol. The lowest BCUT2D eigenvalue weighted by molar-refractivity contribution is 0.134. The molecule has 66 valence electrons. The molecular formula is C9H11FO2. The lowest BCUT2D eigenvalue weighted by Crippen LogP contribution is -1.99. The summed E-state index contributed by atoms with van der Waals surface area (Å²) in [6.07, 6.45) is -0.415. The molecule has 0 aromatic heterocycles. The molecule has 0 amide bonds. The van der Waals surface area contributed by atoms with Crippen LogP contribution in [0.5, 0.6) is 0 Å². The van der Waals surface area contributed by atoms with Gasteiger partial charge in [0.15, 0.2) is 0 Å². The summed E-state index contributed by atoms with van der Waals surface area (Å²) < 4.78 is 12.4. The monoisotopic (exact) mass is 170 g/mol. The molecule has 1 aromatic carbocycles. The summed E-state index contributed by atoms with van der Waals surface area (Å²) in [6.45, 7) is -0.0709. The molecule has 0 saturated carbocycles. The molecule has 1 rings (SSSR count). The highest BCUT2D eigenvalue weighted by Gasteiger charge is 2.05. The van der Waals surface area contributed by atoms with Gasteiger partial charge in [-0.25, -0.2) is 4.39 Å². The van der Waals surface area contributed by atoms with E-state index in [0.717, 1.165) is 0 Å². The first-order chi connectivity index (χ1) is 5.74. The normalized spacial score (nSPS) is 12.9. The molecule has 2 N–H and O–H groups in total. The lowest BCUT2D eigenvalue weighted by atomic mass is 10.1. The van der Waals surface area contributed by atoms with Gasteiger partial charge in [-0.15, -0.1) is 0 Å². The van der Waals surface area contributed by atoms with Crippen LogP contribution < -0.4 is 0 Å². The van der Waals surface area contributed by atoms with E-state index in [0.29, 0.717) is 5.56 Å². The van der Waals surface area contributed by atoms with E-state index in [1.54, 1.807) is 0 Å². The van der Waals surface area contributed by atoms with E-state index < -0.39 is 6.10 Å². The zero-order chi connectivity index (χ0) is 8.97. The second kappa shape index (κ2) is 4.18.